The van der Waals surface area contributed by atoms with Gasteiger partial charge in [-0.2, -0.15) is 4.98 Å². The van der Waals surface area contributed by atoms with E-state index < -0.39 is 5.97 Å². The van der Waals surface area contributed by atoms with Crippen LogP contribution in [0.15, 0.2) is 44.5 Å². The zero-order valence-corrected chi connectivity index (χ0v) is 10.4. The molecule has 0 spiro atoms. The van der Waals surface area contributed by atoms with Crippen molar-refractivity contribution in [1.82, 2.24) is 10.1 Å². The molecule has 2 heterocycles. The summed E-state index contributed by atoms with van der Waals surface area (Å²) in [6.07, 6.45) is 0. The minimum atomic E-state index is -0.937. The van der Waals surface area contributed by atoms with Gasteiger partial charge in [0.05, 0.1) is 0 Å². The van der Waals surface area contributed by atoms with Crippen LogP contribution in [0.25, 0.3) is 22.6 Å². The van der Waals surface area contributed by atoms with Crippen molar-refractivity contribution in [2.45, 2.75) is 5.22 Å². The van der Waals surface area contributed by atoms with Crippen molar-refractivity contribution in [3.63, 3.8) is 0 Å². The summed E-state index contributed by atoms with van der Waals surface area (Å²) in [7, 11) is 0. The van der Waals surface area contributed by atoms with Crippen LogP contribution in [-0.4, -0.2) is 27.0 Å². The molecular weight excluding hydrogens is 268 g/mol. The minimum Gasteiger partial charge on any atom is -0.481 e. The van der Waals surface area contributed by atoms with Gasteiger partial charge >= 0.3 is 5.97 Å². The molecule has 6 nitrogen and oxygen atoms in total. The third kappa shape index (κ3) is 2.45. The van der Waals surface area contributed by atoms with E-state index in [0.717, 1.165) is 22.7 Å². The van der Waals surface area contributed by atoms with E-state index in [1.54, 1.807) is 0 Å². The molecule has 0 fully saturated rings. The van der Waals surface area contributed by atoms with E-state index >= 15 is 0 Å². The first-order valence-corrected chi connectivity index (χ1v) is 6.38. The number of rotatable bonds is 4. The van der Waals surface area contributed by atoms with Gasteiger partial charge in [-0.15, -0.1) is 0 Å². The van der Waals surface area contributed by atoms with Crippen LogP contribution in [0.1, 0.15) is 0 Å². The summed E-state index contributed by atoms with van der Waals surface area (Å²) in [5.41, 5.74) is 0.738. The molecule has 19 heavy (non-hydrogen) atoms. The van der Waals surface area contributed by atoms with Crippen molar-refractivity contribution in [2.75, 3.05) is 5.75 Å². The van der Waals surface area contributed by atoms with E-state index in [-0.39, 0.29) is 11.0 Å². The number of hydrogen-bond donors (Lipinski definition) is 1. The summed E-state index contributed by atoms with van der Waals surface area (Å²) in [6.45, 7) is 0. The lowest BCUT2D eigenvalue weighted by Gasteiger charge is -1.87. The molecule has 1 N–H and O–H groups in total. The van der Waals surface area contributed by atoms with Gasteiger partial charge in [0.25, 0.3) is 5.22 Å². The maximum atomic E-state index is 10.4. The molecule has 0 amide bonds. The van der Waals surface area contributed by atoms with Crippen LogP contribution < -0.4 is 0 Å². The number of furan rings is 1. The number of carboxylic acids is 1. The molecule has 7 heteroatoms. The second kappa shape index (κ2) is 4.77. The second-order valence-electron chi connectivity index (χ2n) is 3.71. The van der Waals surface area contributed by atoms with E-state index in [0.29, 0.717) is 11.6 Å². The monoisotopic (exact) mass is 276 g/mol. The lowest BCUT2D eigenvalue weighted by atomic mass is 10.2. The summed E-state index contributed by atoms with van der Waals surface area (Å²) in [5, 5.41) is 13.5. The number of aliphatic carboxylic acids is 1. The van der Waals surface area contributed by atoms with Gasteiger partial charge in [0.2, 0.25) is 5.82 Å². The highest BCUT2D eigenvalue weighted by molar-refractivity contribution is 7.99. The number of carboxylic acid groups (broad SMARTS) is 1. The van der Waals surface area contributed by atoms with Gasteiger partial charge in [0.15, 0.2) is 5.76 Å². The average molecular weight is 276 g/mol. The maximum Gasteiger partial charge on any atom is 0.314 e. The molecule has 0 aliphatic rings. The predicted molar refractivity (Wildman–Crippen MR) is 67.9 cm³/mol. The van der Waals surface area contributed by atoms with Crippen LogP contribution in [0.2, 0.25) is 0 Å². The minimum absolute atomic E-state index is 0.123. The first-order valence-electron chi connectivity index (χ1n) is 5.39. The van der Waals surface area contributed by atoms with Gasteiger partial charge in [-0.05, 0) is 12.1 Å². The Hall–Kier alpha value is -2.28. The fraction of sp³-hybridized carbons (Fsp3) is 0.0833. The highest BCUT2D eigenvalue weighted by Gasteiger charge is 2.14. The third-order valence-corrected chi connectivity index (χ3v) is 3.18. The van der Waals surface area contributed by atoms with Crippen LogP contribution in [0, 0.1) is 0 Å². The molecule has 0 aliphatic heterocycles. The lowest BCUT2D eigenvalue weighted by Crippen LogP contribution is -1.97. The van der Waals surface area contributed by atoms with E-state index in [2.05, 4.69) is 10.1 Å². The van der Waals surface area contributed by atoms with E-state index in [4.69, 9.17) is 14.0 Å². The Kier molecular flexibility index (Phi) is 2.96. The fourth-order valence-electron chi connectivity index (χ4n) is 1.58. The largest absolute Gasteiger partial charge is 0.481 e. The molecular formula is C12H8N2O4S. The molecule has 0 bridgehead atoms. The topological polar surface area (TPSA) is 89.4 Å². The van der Waals surface area contributed by atoms with Crippen molar-refractivity contribution in [1.29, 1.82) is 0 Å². The molecule has 0 unspecified atom stereocenters. The molecule has 3 aromatic rings. The summed E-state index contributed by atoms with van der Waals surface area (Å²) in [4.78, 5) is 14.5. The zero-order valence-electron chi connectivity index (χ0n) is 9.57. The van der Waals surface area contributed by atoms with E-state index in [1.165, 1.54) is 0 Å². The van der Waals surface area contributed by atoms with Crippen LogP contribution in [0.3, 0.4) is 0 Å². The van der Waals surface area contributed by atoms with Gasteiger partial charge in [-0.1, -0.05) is 35.1 Å². The summed E-state index contributed by atoms with van der Waals surface area (Å²) in [5.74, 6) is -0.258. The number of fused-ring (bicyclic) bond motifs is 1. The van der Waals surface area contributed by atoms with Crippen LogP contribution in [0.5, 0.6) is 0 Å². The average Bonchev–Trinajstić information content (AvgIpc) is 3.02. The molecule has 0 saturated heterocycles. The number of benzene rings is 1. The van der Waals surface area contributed by atoms with Crippen molar-refractivity contribution in [3.05, 3.63) is 30.3 Å². The van der Waals surface area contributed by atoms with Crippen molar-refractivity contribution >= 4 is 28.7 Å². The Labute approximate surface area is 111 Å². The van der Waals surface area contributed by atoms with Gasteiger partial charge in [-0.3, -0.25) is 4.79 Å². The molecule has 0 radical (unpaired) electrons. The Balaban J connectivity index is 1.87. The molecule has 1 aromatic carbocycles. The first-order chi connectivity index (χ1) is 9.22. The zero-order chi connectivity index (χ0) is 13.2. The smallest absolute Gasteiger partial charge is 0.314 e. The number of aromatic nitrogens is 2. The summed E-state index contributed by atoms with van der Waals surface area (Å²) in [6, 6.07) is 9.36. The van der Waals surface area contributed by atoms with E-state index in [1.807, 2.05) is 30.3 Å². The standard InChI is InChI=1S/C12H8N2O4S/c15-10(16)6-19-12-13-11(14-18-12)9-5-7-3-1-2-4-8(7)17-9/h1-5H,6H2,(H,15,16). The van der Waals surface area contributed by atoms with Gasteiger partial charge in [0.1, 0.15) is 11.3 Å². The third-order valence-electron chi connectivity index (χ3n) is 2.37. The van der Waals surface area contributed by atoms with Crippen molar-refractivity contribution < 1.29 is 18.8 Å². The second-order valence-corrected chi connectivity index (χ2v) is 4.64. The van der Waals surface area contributed by atoms with Gasteiger partial charge in [-0.25, -0.2) is 0 Å². The van der Waals surface area contributed by atoms with Gasteiger partial charge < -0.3 is 14.0 Å². The Morgan fingerprint density at radius 1 is 1.37 bits per heavy atom. The number of thioether (sulfide) groups is 1. The Bertz CT molecular complexity index is 701. The lowest BCUT2D eigenvalue weighted by molar-refractivity contribution is -0.133. The molecule has 2 aromatic heterocycles. The maximum absolute atomic E-state index is 10.4. The number of nitrogens with zero attached hydrogens (tertiary/aromatic N) is 2. The van der Waals surface area contributed by atoms with Crippen LogP contribution in [-0.2, 0) is 4.79 Å². The summed E-state index contributed by atoms with van der Waals surface area (Å²) < 4.78 is 10.5. The predicted octanol–water partition coefficient (Wildman–Crippen LogP) is 2.66. The first kappa shape index (κ1) is 11.8. The Morgan fingerprint density at radius 3 is 3.00 bits per heavy atom. The SMILES string of the molecule is O=C(O)CSc1nc(-c2cc3ccccc3o2)no1. The number of carbonyl (C=O) groups is 1. The van der Waals surface area contributed by atoms with Gasteiger partial charge in [0, 0.05) is 5.39 Å². The molecule has 0 atom stereocenters. The van der Waals surface area contributed by atoms with Crippen molar-refractivity contribution in [2.24, 2.45) is 0 Å². The molecule has 3 rings (SSSR count). The number of hydrogen-bond acceptors (Lipinski definition) is 6. The van der Waals surface area contributed by atoms with Crippen LogP contribution >= 0.6 is 11.8 Å². The Morgan fingerprint density at radius 2 is 2.21 bits per heavy atom. The van der Waals surface area contributed by atoms with E-state index in [9.17, 15) is 4.79 Å². The van der Waals surface area contributed by atoms with Crippen molar-refractivity contribution in [3.8, 4) is 11.6 Å². The highest BCUT2D eigenvalue weighted by atomic mass is 32.2. The van der Waals surface area contributed by atoms with Crippen LogP contribution in [0.4, 0.5) is 0 Å². The normalized spacial score (nSPS) is 10.9. The molecule has 0 saturated carbocycles. The molecule has 96 valence electrons. The summed E-state index contributed by atoms with van der Waals surface area (Å²) >= 11 is 0.969. The highest BCUT2D eigenvalue weighted by Crippen LogP contribution is 2.27. The fourth-order valence-corrected chi connectivity index (χ4v) is 2.07. The quantitative estimate of drug-likeness (QED) is 0.732. The number of para-hydroxylation sites is 1. The molecule has 0 aliphatic carbocycles.